The Kier molecular flexibility index (Phi) is 3.94. The molecule has 0 amide bonds. The molecule has 1 fully saturated rings. The van der Waals surface area contributed by atoms with Crippen LogP contribution < -0.4 is 10.1 Å². The smallest absolute Gasteiger partial charge is 0.181 e. The lowest BCUT2D eigenvalue weighted by Gasteiger charge is -2.25. The van der Waals surface area contributed by atoms with E-state index in [0.717, 1.165) is 49.9 Å². The fourth-order valence-electron chi connectivity index (χ4n) is 2.34. The van der Waals surface area contributed by atoms with E-state index < -0.39 is 0 Å². The summed E-state index contributed by atoms with van der Waals surface area (Å²) in [6.07, 6.45) is 0. The number of nitrogens with zero attached hydrogens (tertiary/aromatic N) is 3. The van der Waals surface area contributed by atoms with Crippen molar-refractivity contribution >= 4 is 0 Å². The molecule has 2 aromatic rings. The average Bonchev–Trinajstić information content (AvgIpc) is 2.97. The van der Waals surface area contributed by atoms with Crippen LogP contribution in [0.5, 0.6) is 5.75 Å². The molecule has 20 heavy (non-hydrogen) atoms. The van der Waals surface area contributed by atoms with Gasteiger partial charge in [0.05, 0.1) is 13.7 Å². The maximum Gasteiger partial charge on any atom is 0.181 e. The summed E-state index contributed by atoms with van der Waals surface area (Å²) in [6, 6.07) is 7.79. The Morgan fingerprint density at radius 2 is 2.15 bits per heavy atom. The van der Waals surface area contributed by atoms with Crippen LogP contribution in [-0.2, 0) is 6.54 Å². The number of rotatable bonds is 4. The van der Waals surface area contributed by atoms with Crippen molar-refractivity contribution in [3.05, 3.63) is 30.1 Å². The summed E-state index contributed by atoms with van der Waals surface area (Å²) in [6.45, 7) is 5.00. The SMILES string of the molecule is COc1cccc(-c2n[nH]c(CN3CCNCC3)n2)c1. The largest absolute Gasteiger partial charge is 0.497 e. The summed E-state index contributed by atoms with van der Waals surface area (Å²) in [5.74, 6) is 2.44. The van der Waals surface area contributed by atoms with E-state index in [0.29, 0.717) is 5.82 Å². The molecule has 1 aliphatic heterocycles. The van der Waals surface area contributed by atoms with Gasteiger partial charge in [-0.2, -0.15) is 5.10 Å². The molecule has 0 unspecified atom stereocenters. The molecule has 6 heteroatoms. The van der Waals surface area contributed by atoms with Gasteiger partial charge >= 0.3 is 0 Å². The van der Waals surface area contributed by atoms with E-state index in [1.54, 1.807) is 7.11 Å². The van der Waals surface area contributed by atoms with Crippen molar-refractivity contribution < 1.29 is 4.74 Å². The van der Waals surface area contributed by atoms with Crippen LogP contribution in [0, 0.1) is 0 Å². The number of hydrogen-bond acceptors (Lipinski definition) is 5. The van der Waals surface area contributed by atoms with Gasteiger partial charge in [-0.25, -0.2) is 4.98 Å². The second-order valence-corrected chi connectivity index (χ2v) is 4.86. The lowest BCUT2D eigenvalue weighted by molar-refractivity contribution is 0.228. The normalized spacial score (nSPS) is 16.2. The van der Waals surface area contributed by atoms with Crippen molar-refractivity contribution in [2.45, 2.75) is 6.54 Å². The first kappa shape index (κ1) is 13.1. The number of benzene rings is 1. The molecule has 0 bridgehead atoms. The zero-order valence-electron chi connectivity index (χ0n) is 11.6. The minimum Gasteiger partial charge on any atom is -0.497 e. The van der Waals surface area contributed by atoms with E-state index in [9.17, 15) is 0 Å². The predicted octanol–water partition coefficient (Wildman–Crippen LogP) is 0.885. The number of ether oxygens (including phenoxy) is 1. The first-order chi connectivity index (χ1) is 9.85. The molecule has 3 rings (SSSR count). The molecule has 0 radical (unpaired) electrons. The van der Waals surface area contributed by atoms with Gasteiger partial charge in [0.1, 0.15) is 11.6 Å². The van der Waals surface area contributed by atoms with Crippen molar-refractivity contribution in [3.8, 4) is 17.1 Å². The van der Waals surface area contributed by atoms with E-state index in [-0.39, 0.29) is 0 Å². The van der Waals surface area contributed by atoms with Crippen molar-refractivity contribution in [1.82, 2.24) is 25.4 Å². The zero-order chi connectivity index (χ0) is 13.8. The summed E-state index contributed by atoms with van der Waals surface area (Å²) in [7, 11) is 1.66. The van der Waals surface area contributed by atoms with Crippen LogP contribution >= 0.6 is 0 Å². The van der Waals surface area contributed by atoms with Crippen LogP contribution in [0.1, 0.15) is 5.82 Å². The molecule has 0 aliphatic carbocycles. The van der Waals surface area contributed by atoms with E-state index >= 15 is 0 Å². The maximum absolute atomic E-state index is 5.22. The Morgan fingerprint density at radius 1 is 1.30 bits per heavy atom. The van der Waals surface area contributed by atoms with Gasteiger partial charge < -0.3 is 10.1 Å². The van der Waals surface area contributed by atoms with Crippen LogP contribution in [-0.4, -0.2) is 53.4 Å². The number of nitrogens with one attached hydrogen (secondary N) is 2. The Balaban J connectivity index is 1.72. The maximum atomic E-state index is 5.22. The van der Waals surface area contributed by atoms with E-state index in [2.05, 4.69) is 25.4 Å². The Morgan fingerprint density at radius 3 is 2.95 bits per heavy atom. The number of H-pyrrole nitrogens is 1. The molecule has 1 aliphatic rings. The van der Waals surface area contributed by atoms with Gasteiger partial charge in [0, 0.05) is 31.7 Å². The van der Waals surface area contributed by atoms with Crippen LogP contribution in [0.4, 0.5) is 0 Å². The minimum atomic E-state index is 0.717. The molecule has 2 heterocycles. The number of methoxy groups -OCH3 is 1. The third-order valence-corrected chi connectivity index (χ3v) is 3.44. The van der Waals surface area contributed by atoms with Crippen LogP contribution in [0.3, 0.4) is 0 Å². The highest BCUT2D eigenvalue weighted by atomic mass is 16.5. The quantitative estimate of drug-likeness (QED) is 0.866. The lowest BCUT2D eigenvalue weighted by Crippen LogP contribution is -2.43. The summed E-state index contributed by atoms with van der Waals surface area (Å²) >= 11 is 0. The highest BCUT2D eigenvalue weighted by Crippen LogP contribution is 2.20. The van der Waals surface area contributed by atoms with Crippen molar-refractivity contribution in [1.29, 1.82) is 0 Å². The average molecular weight is 273 g/mol. The second kappa shape index (κ2) is 6.02. The number of aromatic nitrogens is 3. The van der Waals surface area contributed by atoms with E-state index in [4.69, 9.17) is 4.74 Å². The van der Waals surface area contributed by atoms with Crippen molar-refractivity contribution in [2.24, 2.45) is 0 Å². The van der Waals surface area contributed by atoms with Crippen molar-refractivity contribution in [2.75, 3.05) is 33.3 Å². The molecule has 2 N–H and O–H groups in total. The lowest BCUT2D eigenvalue weighted by atomic mass is 10.2. The standard InChI is InChI=1S/C14H19N5O/c1-20-12-4-2-3-11(9-12)14-16-13(17-18-14)10-19-7-5-15-6-8-19/h2-4,9,15H,5-8,10H2,1H3,(H,16,17,18). The molecular weight excluding hydrogens is 254 g/mol. The number of hydrogen-bond donors (Lipinski definition) is 2. The summed E-state index contributed by atoms with van der Waals surface area (Å²) < 4.78 is 5.22. The first-order valence-electron chi connectivity index (χ1n) is 6.84. The van der Waals surface area contributed by atoms with Gasteiger partial charge in [-0.3, -0.25) is 10.00 Å². The van der Waals surface area contributed by atoms with Gasteiger partial charge in [0.25, 0.3) is 0 Å². The van der Waals surface area contributed by atoms with E-state index in [1.165, 1.54) is 0 Å². The van der Waals surface area contributed by atoms with Crippen molar-refractivity contribution in [3.63, 3.8) is 0 Å². The highest BCUT2D eigenvalue weighted by Gasteiger charge is 2.13. The van der Waals surface area contributed by atoms with Gasteiger partial charge in [-0.05, 0) is 12.1 Å². The fourth-order valence-corrected chi connectivity index (χ4v) is 2.34. The molecule has 0 atom stereocenters. The second-order valence-electron chi connectivity index (χ2n) is 4.86. The third-order valence-electron chi connectivity index (χ3n) is 3.44. The molecule has 1 aromatic heterocycles. The van der Waals surface area contributed by atoms with Gasteiger partial charge in [-0.1, -0.05) is 12.1 Å². The Labute approximate surface area is 118 Å². The zero-order valence-corrected chi connectivity index (χ0v) is 11.6. The van der Waals surface area contributed by atoms with Crippen LogP contribution in [0.15, 0.2) is 24.3 Å². The topological polar surface area (TPSA) is 66.1 Å². The Bertz CT molecular complexity index is 562. The van der Waals surface area contributed by atoms with Crippen LogP contribution in [0.2, 0.25) is 0 Å². The minimum absolute atomic E-state index is 0.717. The molecule has 106 valence electrons. The number of piperazine rings is 1. The first-order valence-corrected chi connectivity index (χ1v) is 6.84. The molecule has 1 aromatic carbocycles. The van der Waals surface area contributed by atoms with E-state index in [1.807, 2.05) is 24.3 Å². The fraction of sp³-hybridized carbons (Fsp3) is 0.429. The third kappa shape index (κ3) is 2.97. The molecular formula is C14H19N5O. The summed E-state index contributed by atoms with van der Waals surface area (Å²) in [5.41, 5.74) is 0.965. The monoisotopic (exact) mass is 273 g/mol. The Hall–Kier alpha value is -1.92. The molecule has 0 spiro atoms. The predicted molar refractivity (Wildman–Crippen MR) is 76.5 cm³/mol. The van der Waals surface area contributed by atoms with Gasteiger partial charge in [0.15, 0.2) is 5.82 Å². The number of aromatic amines is 1. The van der Waals surface area contributed by atoms with Crippen LogP contribution in [0.25, 0.3) is 11.4 Å². The molecule has 1 saturated heterocycles. The molecule has 6 nitrogen and oxygen atoms in total. The summed E-state index contributed by atoms with van der Waals surface area (Å²) in [4.78, 5) is 6.93. The highest BCUT2D eigenvalue weighted by molar-refractivity contribution is 5.57. The summed E-state index contributed by atoms with van der Waals surface area (Å²) in [5, 5.41) is 10.7. The van der Waals surface area contributed by atoms with Gasteiger partial charge in [0.2, 0.25) is 0 Å². The molecule has 0 saturated carbocycles. The van der Waals surface area contributed by atoms with Gasteiger partial charge in [-0.15, -0.1) is 0 Å².